The summed E-state index contributed by atoms with van der Waals surface area (Å²) in [5, 5.41) is 12.2. The van der Waals surface area contributed by atoms with Crippen LogP contribution in [-0.2, 0) is 21.4 Å². The highest BCUT2D eigenvalue weighted by Crippen LogP contribution is 2.15. The minimum atomic E-state index is -3.30. The molecule has 1 fully saturated rings. The van der Waals surface area contributed by atoms with Gasteiger partial charge in [0, 0.05) is 50.7 Å². The van der Waals surface area contributed by atoms with Gasteiger partial charge in [-0.15, -0.1) is 0 Å². The Bertz CT molecular complexity index is 1020. The summed E-state index contributed by atoms with van der Waals surface area (Å²) < 4.78 is 30.3. The molecule has 0 unspecified atom stereocenters. The summed E-state index contributed by atoms with van der Waals surface area (Å²) in [6.45, 7) is 1.29. The van der Waals surface area contributed by atoms with Crippen molar-refractivity contribution in [2.75, 3.05) is 39.0 Å². The number of rotatable bonds is 9. The second-order valence-corrected chi connectivity index (χ2v) is 9.41. The van der Waals surface area contributed by atoms with Gasteiger partial charge in [0.05, 0.1) is 6.26 Å². The number of benzene rings is 1. The Balaban J connectivity index is 1.51. The Labute approximate surface area is 186 Å². The molecule has 3 rings (SSSR count). The number of ether oxygens (including phenoxy) is 1. The zero-order chi connectivity index (χ0) is 23.1. The number of hydrogen-bond donors (Lipinski definition) is 2. The molecule has 1 amide bonds. The van der Waals surface area contributed by atoms with Crippen molar-refractivity contribution >= 4 is 21.9 Å². The molecule has 1 aromatic carbocycles. The third kappa shape index (κ3) is 6.49. The fourth-order valence-electron chi connectivity index (χ4n) is 3.36. The molecule has 1 aliphatic rings. The number of carbonyl (C=O) groups excluding carboxylic acids is 1. The number of amides is 1. The summed E-state index contributed by atoms with van der Waals surface area (Å²) in [5.41, 5.74) is 1.35. The van der Waals surface area contributed by atoms with Crippen molar-refractivity contribution in [2.24, 2.45) is 0 Å². The van der Waals surface area contributed by atoms with E-state index in [4.69, 9.17) is 4.74 Å². The first-order chi connectivity index (χ1) is 15.2. The number of carbonyl (C=O) groups is 2. The fraction of sp³-hybridized carbons (Fsp3) is 0.381. The minimum Gasteiger partial charge on any atom is -0.489 e. The van der Waals surface area contributed by atoms with Crippen LogP contribution in [-0.4, -0.2) is 84.6 Å². The highest BCUT2D eigenvalue weighted by molar-refractivity contribution is 7.88. The average molecular weight is 463 g/mol. The molecule has 0 bridgehead atoms. The predicted molar refractivity (Wildman–Crippen MR) is 117 cm³/mol. The van der Waals surface area contributed by atoms with Crippen LogP contribution < -0.4 is 10.1 Å². The van der Waals surface area contributed by atoms with Crippen molar-refractivity contribution in [1.82, 2.24) is 19.5 Å². The van der Waals surface area contributed by atoms with Crippen molar-refractivity contribution in [2.45, 2.75) is 12.6 Å². The van der Waals surface area contributed by atoms with Gasteiger partial charge in [0.2, 0.25) is 10.0 Å². The number of aliphatic carboxylic acids is 1. The Morgan fingerprint density at radius 1 is 1.09 bits per heavy atom. The topological polar surface area (TPSA) is 129 Å². The number of sulfonamides is 1. The largest absolute Gasteiger partial charge is 0.489 e. The van der Waals surface area contributed by atoms with E-state index >= 15 is 0 Å². The van der Waals surface area contributed by atoms with Crippen LogP contribution in [0, 0.1) is 0 Å². The zero-order valence-corrected chi connectivity index (χ0v) is 18.5. The van der Waals surface area contributed by atoms with Gasteiger partial charge in [-0.2, -0.15) is 4.31 Å². The van der Waals surface area contributed by atoms with Gasteiger partial charge in [0.1, 0.15) is 18.4 Å². The number of nitrogens with one attached hydrogen (secondary N) is 1. The zero-order valence-electron chi connectivity index (χ0n) is 17.7. The van der Waals surface area contributed by atoms with E-state index in [0.29, 0.717) is 17.9 Å². The van der Waals surface area contributed by atoms with Crippen LogP contribution in [0.15, 0.2) is 48.8 Å². The second kappa shape index (κ2) is 10.5. The van der Waals surface area contributed by atoms with Crippen LogP contribution in [0.1, 0.15) is 15.9 Å². The summed E-state index contributed by atoms with van der Waals surface area (Å²) in [4.78, 5) is 29.8. The first kappa shape index (κ1) is 23.6. The Morgan fingerprint density at radius 2 is 1.72 bits per heavy atom. The third-order valence-electron chi connectivity index (χ3n) is 5.20. The van der Waals surface area contributed by atoms with Crippen LogP contribution in [0.5, 0.6) is 5.75 Å². The molecule has 10 nitrogen and oxygen atoms in total. The quantitative estimate of drug-likeness (QED) is 0.549. The SMILES string of the molecule is CS(=O)(=O)N1CCN([C@@H](CNC(=O)c2ccc(OCc3ccncc3)cc2)C(=O)O)CC1. The molecule has 1 aromatic heterocycles. The van der Waals surface area contributed by atoms with Gasteiger partial charge in [0.25, 0.3) is 5.91 Å². The van der Waals surface area contributed by atoms with E-state index in [2.05, 4.69) is 10.3 Å². The highest BCUT2D eigenvalue weighted by atomic mass is 32.2. The van der Waals surface area contributed by atoms with Gasteiger partial charge < -0.3 is 15.2 Å². The summed E-state index contributed by atoms with van der Waals surface area (Å²) in [6.07, 6.45) is 4.50. The highest BCUT2D eigenvalue weighted by Gasteiger charge is 2.31. The molecule has 11 heteroatoms. The first-order valence-corrected chi connectivity index (χ1v) is 11.9. The average Bonchev–Trinajstić information content (AvgIpc) is 2.78. The van der Waals surface area contributed by atoms with Crippen molar-refractivity contribution in [3.63, 3.8) is 0 Å². The number of hydrogen-bond acceptors (Lipinski definition) is 7. The maximum absolute atomic E-state index is 12.5. The van der Waals surface area contributed by atoms with Gasteiger partial charge in [-0.3, -0.25) is 19.5 Å². The predicted octanol–water partition coefficient (Wildman–Crippen LogP) is 0.421. The van der Waals surface area contributed by atoms with E-state index in [9.17, 15) is 23.1 Å². The summed E-state index contributed by atoms with van der Waals surface area (Å²) in [5.74, 6) is -0.866. The number of pyridine rings is 1. The smallest absolute Gasteiger partial charge is 0.322 e. The minimum absolute atomic E-state index is 0.0899. The molecule has 172 valence electrons. The van der Waals surface area contributed by atoms with E-state index in [1.165, 1.54) is 4.31 Å². The number of carboxylic acid groups (broad SMARTS) is 1. The summed E-state index contributed by atoms with van der Waals surface area (Å²) >= 11 is 0. The van der Waals surface area contributed by atoms with Crippen LogP contribution in [0.3, 0.4) is 0 Å². The monoisotopic (exact) mass is 462 g/mol. The molecule has 32 heavy (non-hydrogen) atoms. The van der Waals surface area contributed by atoms with Gasteiger partial charge in [-0.1, -0.05) is 0 Å². The van der Waals surface area contributed by atoms with Gasteiger partial charge in [0.15, 0.2) is 0 Å². The first-order valence-electron chi connectivity index (χ1n) is 10.1. The number of piperazine rings is 1. The lowest BCUT2D eigenvalue weighted by Crippen LogP contribution is -2.56. The van der Waals surface area contributed by atoms with Crippen LogP contribution in [0.2, 0.25) is 0 Å². The molecule has 2 aromatic rings. The third-order valence-corrected chi connectivity index (χ3v) is 6.50. The molecule has 0 saturated carbocycles. The van der Waals surface area contributed by atoms with E-state index in [1.54, 1.807) is 41.6 Å². The van der Waals surface area contributed by atoms with E-state index < -0.39 is 27.9 Å². The molecule has 0 aliphatic carbocycles. The number of carboxylic acids is 1. The molecule has 1 atom stereocenters. The molecule has 0 radical (unpaired) electrons. The Kier molecular flexibility index (Phi) is 7.78. The molecule has 1 saturated heterocycles. The fourth-order valence-corrected chi connectivity index (χ4v) is 4.19. The molecular weight excluding hydrogens is 436 g/mol. The van der Waals surface area contributed by atoms with Crippen molar-refractivity contribution in [3.8, 4) is 5.75 Å². The van der Waals surface area contributed by atoms with E-state index in [-0.39, 0.29) is 32.7 Å². The van der Waals surface area contributed by atoms with Gasteiger partial charge in [-0.05, 0) is 42.0 Å². The maximum atomic E-state index is 12.5. The van der Waals surface area contributed by atoms with E-state index in [0.717, 1.165) is 11.8 Å². The second-order valence-electron chi connectivity index (χ2n) is 7.43. The Hall–Kier alpha value is -3.02. The maximum Gasteiger partial charge on any atom is 0.322 e. The van der Waals surface area contributed by atoms with E-state index in [1.807, 2.05) is 12.1 Å². The number of aromatic nitrogens is 1. The van der Waals surface area contributed by atoms with Crippen molar-refractivity contribution in [1.29, 1.82) is 0 Å². The molecular formula is C21H26N4O6S. The molecule has 2 heterocycles. The molecule has 2 N–H and O–H groups in total. The molecule has 1 aliphatic heterocycles. The van der Waals surface area contributed by atoms with Crippen LogP contribution in [0.4, 0.5) is 0 Å². The number of nitrogens with zero attached hydrogens (tertiary/aromatic N) is 3. The van der Waals surface area contributed by atoms with Crippen molar-refractivity contribution < 1.29 is 27.9 Å². The van der Waals surface area contributed by atoms with Crippen LogP contribution >= 0.6 is 0 Å². The van der Waals surface area contributed by atoms with Gasteiger partial charge >= 0.3 is 5.97 Å². The standard InChI is InChI=1S/C21H26N4O6S/c1-32(29,30)25-12-10-24(11-13-25)19(21(27)28)14-23-20(26)17-2-4-18(5-3-17)31-15-16-6-8-22-9-7-16/h2-9,19H,10-15H2,1H3,(H,23,26)(H,27,28)/t19-/m0/s1. The lowest BCUT2D eigenvalue weighted by atomic mass is 10.1. The normalized spacial score (nSPS) is 16.3. The van der Waals surface area contributed by atoms with Gasteiger partial charge in [-0.25, -0.2) is 8.42 Å². The molecule has 0 spiro atoms. The van der Waals surface area contributed by atoms with Crippen molar-refractivity contribution in [3.05, 3.63) is 59.9 Å². The Morgan fingerprint density at radius 3 is 2.28 bits per heavy atom. The lowest BCUT2D eigenvalue weighted by molar-refractivity contribution is -0.143. The van der Waals surface area contributed by atoms with Crippen LogP contribution in [0.25, 0.3) is 0 Å². The lowest BCUT2D eigenvalue weighted by Gasteiger charge is -2.36. The summed E-state index contributed by atoms with van der Waals surface area (Å²) in [6, 6.07) is 9.33. The summed E-state index contributed by atoms with van der Waals surface area (Å²) in [7, 11) is -3.30.